The Morgan fingerprint density at radius 3 is 2.80 bits per heavy atom. The van der Waals surface area contributed by atoms with E-state index in [0.29, 0.717) is 11.5 Å². The Labute approximate surface area is 122 Å². The molecule has 0 saturated heterocycles. The fourth-order valence-electron chi connectivity index (χ4n) is 4.23. The summed E-state index contributed by atoms with van der Waals surface area (Å²) in [6.07, 6.45) is 12.3. The van der Waals surface area contributed by atoms with Gasteiger partial charge >= 0.3 is 0 Å². The standard InChI is InChI=1S/C17H27N3/c1-17(8-9-17)15-7-10-18-16-12-14(19-20(15)16)11-13-5-3-2-4-6-13/h12-13,15,18H,2-11H2,1H3. The quantitative estimate of drug-likeness (QED) is 0.896. The van der Waals surface area contributed by atoms with Gasteiger partial charge in [0.15, 0.2) is 0 Å². The number of anilines is 1. The Bertz CT molecular complexity index is 480. The second-order valence-corrected chi connectivity index (χ2v) is 7.56. The maximum atomic E-state index is 4.99. The molecule has 0 bridgehead atoms. The van der Waals surface area contributed by atoms with Gasteiger partial charge in [-0.05, 0) is 37.0 Å². The Hall–Kier alpha value is -0.990. The molecule has 2 fully saturated rings. The summed E-state index contributed by atoms with van der Waals surface area (Å²) < 4.78 is 2.33. The molecule has 1 aromatic heterocycles. The molecule has 3 heteroatoms. The summed E-state index contributed by atoms with van der Waals surface area (Å²) in [5, 5.41) is 8.54. The topological polar surface area (TPSA) is 29.9 Å². The third-order valence-electron chi connectivity index (χ3n) is 5.87. The molecule has 0 radical (unpaired) electrons. The smallest absolute Gasteiger partial charge is 0.124 e. The van der Waals surface area contributed by atoms with E-state index in [1.54, 1.807) is 0 Å². The first-order chi connectivity index (χ1) is 9.74. The van der Waals surface area contributed by atoms with Crippen LogP contribution in [0.5, 0.6) is 0 Å². The lowest BCUT2D eigenvalue weighted by Crippen LogP contribution is -2.28. The first-order valence-electron chi connectivity index (χ1n) is 8.57. The molecule has 1 unspecified atom stereocenters. The predicted molar refractivity (Wildman–Crippen MR) is 82.0 cm³/mol. The van der Waals surface area contributed by atoms with Crippen LogP contribution in [-0.2, 0) is 6.42 Å². The highest BCUT2D eigenvalue weighted by Crippen LogP contribution is 2.56. The minimum absolute atomic E-state index is 0.533. The molecule has 2 aliphatic carbocycles. The Morgan fingerprint density at radius 2 is 2.05 bits per heavy atom. The zero-order valence-electron chi connectivity index (χ0n) is 12.7. The van der Waals surface area contributed by atoms with Crippen LogP contribution in [0.1, 0.15) is 70.0 Å². The van der Waals surface area contributed by atoms with Crippen molar-refractivity contribution in [2.24, 2.45) is 11.3 Å². The van der Waals surface area contributed by atoms with Crippen LogP contribution in [0.3, 0.4) is 0 Å². The minimum Gasteiger partial charge on any atom is -0.370 e. The summed E-state index contributed by atoms with van der Waals surface area (Å²) in [6.45, 7) is 3.56. The van der Waals surface area contributed by atoms with Gasteiger partial charge in [-0.25, -0.2) is 4.68 Å². The number of fused-ring (bicyclic) bond motifs is 1. The highest BCUT2D eigenvalue weighted by Gasteiger charge is 2.47. The van der Waals surface area contributed by atoms with Gasteiger partial charge in [-0.1, -0.05) is 39.0 Å². The van der Waals surface area contributed by atoms with Gasteiger partial charge in [-0.2, -0.15) is 5.10 Å². The summed E-state index contributed by atoms with van der Waals surface area (Å²) in [5.74, 6) is 2.16. The van der Waals surface area contributed by atoms with E-state index in [-0.39, 0.29) is 0 Å². The maximum absolute atomic E-state index is 4.99. The molecule has 1 N–H and O–H groups in total. The number of aromatic nitrogens is 2. The van der Waals surface area contributed by atoms with E-state index in [0.717, 1.165) is 12.5 Å². The van der Waals surface area contributed by atoms with Gasteiger partial charge in [0.25, 0.3) is 0 Å². The second kappa shape index (κ2) is 4.78. The molecule has 20 heavy (non-hydrogen) atoms. The molecule has 0 amide bonds. The van der Waals surface area contributed by atoms with Crippen LogP contribution in [0.2, 0.25) is 0 Å². The Kier molecular flexibility index (Phi) is 3.04. The fraction of sp³-hybridized carbons (Fsp3) is 0.824. The summed E-state index contributed by atoms with van der Waals surface area (Å²) >= 11 is 0. The first-order valence-corrected chi connectivity index (χ1v) is 8.57. The van der Waals surface area contributed by atoms with E-state index in [9.17, 15) is 0 Å². The molecule has 3 nitrogen and oxygen atoms in total. The lowest BCUT2D eigenvalue weighted by molar-refractivity contribution is 0.281. The molecule has 0 spiro atoms. The molecule has 0 aromatic carbocycles. The maximum Gasteiger partial charge on any atom is 0.124 e. The molecule has 110 valence electrons. The molecule has 1 aliphatic heterocycles. The lowest BCUT2D eigenvalue weighted by Gasteiger charge is -2.30. The second-order valence-electron chi connectivity index (χ2n) is 7.56. The Balaban J connectivity index is 1.53. The first kappa shape index (κ1) is 12.7. The number of hydrogen-bond donors (Lipinski definition) is 1. The monoisotopic (exact) mass is 273 g/mol. The van der Waals surface area contributed by atoms with Crippen molar-refractivity contribution in [2.45, 2.75) is 70.8 Å². The lowest BCUT2D eigenvalue weighted by atomic mass is 9.86. The van der Waals surface area contributed by atoms with Crippen LogP contribution in [-0.4, -0.2) is 16.3 Å². The van der Waals surface area contributed by atoms with E-state index >= 15 is 0 Å². The summed E-state index contributed by atoms with van der Waals surface area (Å²) in [5.41, 5.74) is 1.86. The van der Waals surface area contributed by atoms with Crippen molar-refractivity contribution in [3.8, 4) is 0 Å². The SMILES string of the molecule is CC1(C2CCNc3cc(CC4CCCCC4)nn32)CC1. The van der Waals surface area contributed by atoms with Crippen LogP contribution in [0.25, 0.3) is 0 Å². The summed E-state index contributed by atoms with van der Waals surface area (Å²) in [6, 6.07) is 2.96. The Morgan fingerprint density at radius 1 is 1.25 bits per heavy atom. The normalized spacial score (nSPS) is 28.8. The molecule has 1 aromatic rings. The molecular formula is C17H27N3. The summed E-state index contributed by atoms with van der Waals surface area (Å²) in [7, 11) is 0. The van der Waals surface area contributed by atoms with Crippen molar-refractivity contribution in [1.82, 2.24) is 9.78 Å². The van der Waals surface area contributed by atoms with Gasteiger partial charge in [-0.3, -0.25) is 0 Å². The van der Waals surface area contributed by atoms with Crippen molar-refractivity contribution in [2.75, 3.05) is 11.9 Å². The zero-order chi connectivity index (χ0) is 13.6. The summed E-state index contributed by atoms with van der Waals surface area (Å²) in [4.78, 5) is 0. The third-order valence-corrected chi connectivity index (χ3v) is 5.87. The van der Waals surface area contributed by atoms with Gasteiger partial charge < -0.3 is 5.32 Å². The molecule has 3 aliphatic rings. The van der Waals surface area contributed by atoms with Crippen molar-refractivity contribution < 1.29 is 0 Å². The van der Waals surface area contributed by atoms with Crippen LogP contribution in [0, 0.1) is 11.3 Å². The van der Waals surface area contributed by atoms with Crippen LogP contribution < -0.4 is 5.32 Å². The van der Waals surface area contributed by atoms with Gasteiger partial charge in [0.1, 0.15) is 5.82 Å². The average molecular weight is 273 g/mol. The van der Waals surface area contributed by atoms with Crippen LogP contribution >= 0.6 is 0 Å². The van der Waals surface area contributed by atoms with E-state index in [1.165, 1.54) is 69.3 Å². The fourth-order valence-corrected chi connectivity index (χ4v) is 4.23. The highest BCUT2D eigenvalue weighted by molar-refractivity contribution is 5.40. The minimum atomic E-state index is 0.533. The van der Waals surface area contributed by atoms with Gasteiger partial charge in [0, 0.05) is 12.6 Å². The number of rotatable bonds is 3. The van der Waals surface area contributed by atoms with Crippen molar-refractivity contribution in [3.63, 3.8) is 0 Å². The van der Waals surface area contributed by atoms with E-state index in [1.807, 2.05) is 0 Å². The zero-order valence-corrected chi connectivity index (χ0v) is 12.7. The number of nitrogens with one attached hydrogen (secondary N) is 1. The largest absolute Gasteiger partial charge is 0.370 e. The van der Waals surface area contributed by atoms with E-state index in [2.05, 4.69) is 23.0 Å². The molecular weight excluding hydrogens is 246 g/mol. The van der Waals surface area contributed by atoms with Crippen molar-refractivity contribution in [1.29, 1.82) is 0 Å². The van der Waals surface area contributed by atoms with Crippen LogP contribution in [0.15, 0.2) is 6.07 Å². The van der Waals surface area contributed by atoms with Gasteiger partial charge in [0.05, 0.1) is 11.7 Å². The molecule has 2 saturated carbocycles. The predicted octanol–water partition coefficient (Wildman–Crippen LogP) is 4.16. The molecule has 4 rings (SSSR count). The van der Waals surface area contributed by atoms with E-state index < -0.39 is 0 Å². The van der Waals surface area contributed by atoms with E-state index in [4.69, 9.17) is 5.10 Å². The van der Waals surface area contributed by atoms with Crippen molar-refractivity contribution in [3.05, 3.63) is 11.8 Å². The van der Waals surface area contributed by atoms with Crippen LogP contribution in [0.4, 0.5) is 5.82 Å². The molecule has 2 heterocycles. The number of hydrogen-bond acceptors (Lipinski definition) is 2. The molecule has 1 atom stereocenters. The third kappa shape index (κ3) is 2.25. The number of nitrogens with zero attached hydrogens (tertiary/aromatic N) is 2. The van der Waals surface area contributed by atoms with Gasteiger partial charge in [-0.15, -0.1) is 0 Å². The van der Waals surface area contributed by atoms with Gasteiger partial charge in [0.2, 0.25) is 0 Å². The van der Waals surface area contributed by atoms with Crippen molar-refractivity contribution >= 4 is 5.82 Å². The highest BCUT2D eigenvalue weighted by atomic mass is 15.4. The average Bonchev–Trinajstić information content (AvgIpc) is 3.08.